The fourth-order valence-electron chi connectivity index (χ4n) is 2.15. The first kappa shape index (κ1) is 14.0. The van der Waals surface area contributed by atoms with E-state index in [1.165, 1.54) is 0 Å². The van der Waals surface area contributed by atoms with Crippen molar-refractivity contribution in [1.82, 2.24) is 14.9 Å². The highest BCUT2D eigenvalue weighted by atomic mass is 79.9. The fraction of sp³-hybridized carbons (Fsp3) is 0.583. The Morgan fingerprint density at radius 3 is 2.95 bits per heavy atom. The molecule has 0 radical (unpaired) electrons. The van der Waals surface area contributed by atoms with Crippen LogP contribution < -0.4 is 9.64 Å². The predicted molar refractivity (Wildman–Crippen MR) is 75.3 cm³/mol. The van der Waals surface area contributed by atoms with Crippen molar-refractivity contribution in [3.8, 4) is 5.88 Å². The van der Waals surface area contributed by atoms with Gasteiger partial charge in [-0.25, -0.2) is 4.98 Å². The summed E-state index contributed by atoms with van der Waals surface area (Å²) in [5.41, 5.74) is 0. The molecule has 7 heteroatoms. The van der Waals surface area contributed by atoms with Gasteiger partial charge in [0.15, 0.2) is 0 Å². The average molecular weight is 329 g/mol. The predicted octanol–water partition coefficient (Wildman–Crippen LogP) is 1.16. The molecule has 1 aromatic rings. The molecule has 0 saturated carbocycles. The van der Waals surface area contributed by atoms with Crippen molar-refractivity contribution < 1.29 is 9.53 Å². The van der Waals surface area contributed by atoms with Gasteiger partial charge in [-0.15, -0.1) is 0 Å². The van der Waals surface area contributed by atoms with Crippen LogP contribution in [0.1, 0.15) is 6.42 Å². The quantitative estimate of drug-likeness (QED) is 0.833. The van der Waals surface area contributed by atoms with Crippen LogP contribution in [0.4, 0.5) is 5.95 Å². The van der Waals surface area contributed by atoms with E-state index in [9.17, 15) is 4.79 Å². The van der Waals surface area contributed by atoms with Gasteiger partial charge in [0, 0.05) is 27.2 Å². The molecule has 0 aromatic carbocycles. The van der Waals surface area contributed by atoms with Crippen LogP contribution in [0.15, 0.2) is 10.7 Å². The maximum atomic E-state index is 11.9. The molecule has 6 nitrogen and oxygen atoms in total. The monoisotopic (exact) mass is 328 g/mol. The van der Waals surface area contributed by atoms with Gasteiger partial charge in [0.25, 0.3) is 0 Å². The van der Waals surface area contributed by atoms with Crippen molar-refractivity contribution in [2.45, 2.75) is 6.42 Å². The van der Waals surface area contributed by atoms with E-state index in [0.717, 1.165) is 17.4 Å². The van der Waals surface area contributed by atoms with E-state index >= 15 is 0 Å². The molecular weight excluding hydrogens is 312 g/mol. The van der Waals surface area contributed by atoms with Crippen molar-refractivity contribution >= 4 is 27.8 Å². The number of amides is 1. The second-order valence-electron chi connectivity index (χ2n) is 4.69. The summed E-state index contributed by atoms with van der Waals surface area (Å²) in [7, 11) is 5.13. The molecule has 1 unspecified atom stereocenters. The highest BCUT2D eigenvalue weighted by Crippen LogP contribution is 2.27. The number of rotatable bonds is 3. The second kappa shape index (κ2) is 5.73. The maximum Gasteiger partial charge on any atom is 0.232 e. The second-order valence-corrected chi connectivity index (χ2v) is 5.55. The Morgan fingerprint density at radius 2 is 2.32 bits per heavy atom. The van der Waals surface area contributed by atoms with Gasteiger partial charge in [-0.1, -0.05) is 0 Å². The van der Waals surface area contributed by atoms with Crippen LogP contribution in [0.3, 0.4) is 0 Å². The Hall–Kier alpha value is -1.37. The summed E-state index contributed by atoms with van der Waals surface area (Å²) in [4.78, 5) is 24.2. The molecule has 1 aliphatic heterocycles. The SMILES string of the molecule is COc1nc(N2CCC(C(=O)N(C)C)C2)ncc1Br. The third-order valence-electron chi connectivity index (χ3n) is 3.15. The minimum absolute atomic E-state index is 0.0215. The van der Waals surface area contributed by atoms with E-state index in [1.807, 2.05) is 4.90 Å². The lowest BCUT2D eigenvalue weighted by Gasteiger charge is -2.18. The first-order valence-electron chi connectivity index (χ1n) is 6.05. The lowest BCUT2D eigenvalue weighted by molar-refractivity contribution is -0.132. The van der Waals surface area contributed by atoms with Crippen molar-refractivity contribution in [1.29, 1.82) is 0 Å². The third kappa shape index (κ3) is 2.97. The third-order valence-corrected chi connectivity index (χ3v) is 3.70. The number of hydrogen-bond donors (Lipinski definition) is 0. The Labute approximate surface area is 120 Å². The number of aromatic nitrogens is 2. The number of carbonyl (C=O) groups excluding carboxylic acids is 1. The van der Waals surface area contributed by atoms with Gasteiger partial charge >= 0.3 is 0 Å². The molecule has 2 rings (SSSR count). The molecule has 0 spiro atoms. The summed E-state index contributed by atoms with van der Waals surface area (Å²) in [6.45, 7) is 1.44. The molecule has 1 aliphatic rings. The number of anilines is 1. The molecule has 0 aliphatic carbocycles. The van der Waals surface area contributed by atoms with Crippen LogP contribution in [0, 0.1) is 5.92 Å². The zero-order chi connectivity index (χ0) is 14.0. The molecule has 1 fully saturated rings. The van der Waals surface area contributed by atoms with Crippen LogP contribution in [-0.2, 0) is 4.79 Å². The van der Waals surface area contributed by atoms with E-state index in [1.54, 1.807) is 32.3 Å². The fourth-order valence-corrected chi connectivity index (χ4v) is 2.50. The summed E-state index contributed by atoms with van der Waals surface area (Å²) in [6, 6.07) is 0. The Balaban J connectivity index is 2.10. The van der Waals surface area contributed by atoms with Gasteiger partial charge < -0.3 is 14.5 Å². The minimum atomic E-state index is 0.0215. The highest BCUT2D eigenvalue weighted by Gasteiger charge is 2.30. The van der Waals surface area contributed by atoms with Crippen LogP contribution in [0.5, 0.6) is 5.88 Å². The first-order chi connectivity index (χ1) is 9.02. The lowest BCUT2D eigenvalue weighted by atomic mass is 10.1. The molecular formula is C12H17BrN4O2. The van der Waals surface area contributed by atoms with Crippen molar-refractivity contribution in [3.63, 3.8) is 0 Å². The molecule has 2 heterocycles. The number of ether oxygens (including phenoxy) is 1. The van der Waals surface area contributed by atoms with E-state index in [-0.39, 0.29) is 11.8 Å². The zero-order valence-corrected chi connectivity index (χ0v) is 12.8. The largest absolute Gasteiger partial charge is 0.480 e. The summed E-state index contributed by atoms with van der Waals surface area (Å²) in [6.07, 6.45) is 2.50. The standard InChI is InChI=1S/C12H17BrN4O2/c1-16(2)11(18)8-4-5-17(7-8)12-14-6-9(13)10(15-12)19-3/h6,8H,4-5,7H2,1-3H3. The van der Waals surface area contributed by atoms with Gasteiger partial charge in [-0.2, -0.15) is 4.98 Å². The van der Waals surface area contributed by atoms with Gasteiger partial charge in [-0.3, -0.25) is 4.79 Å². The van der Waals surface area contributed by atoms with Crippen molar-refractivity contribution in [2.75, 3.05) is 39.2 Å². The van der Waals surface area contributed by atoms with E-state index in [4.69, 9.17) is 4.74 Å². The zero-order valence-electron chi connectivity index (χ0n) is 11.3. The number of hydrogen-bond acceptors (Lipinski definition) is 5. The molecule has 1 saturated heterocycles. The Kier molecular flexibility index (Phi) is 4.24. The molecule has 1 atom stereocenters. The van der Waals surface area contributed by atoms with Crippen LogP contribution >= 0.6 is 15.9 Å². The number of carbonyl (C=O) groups is 1. The smallest absolute Gasteiger partial charge is 0.232 e. The van der Waals surface area contributed by atoms with Crippen molar-refractivity contribution in [2.24, 2.45) is 5.92 Å². The first-order valence-corrected chi connectivity index (χ1v) is 6.85. The van der Waals surface area contributed by atoms with Crippen molar-refractivity contribution in [3.05, 3.63) is 10.7 Å². The van der Waals surface area contributed by atoms with Crippen LogP contribution in [0.2, 0.25) is 0 Å². The van der Waals surface area contributed by atoms with E-state index in [0.29, 0.717) is 18.4 Å². The Morgan fingerprint density at radius 1 is 1.58 bits per heavy atom. The normalized spacial score (nSPS) is 18.5. The highest BCUT2D eigenvalue weighted by molar-refractivity contribution is 9.10. The summed E-state index contributed by atoms with van der Waals surface area (Å²) in [5, 5.41) is 0. The summed E-state index contributed by atoms with van der Waals surface area (Å²) in [5.74, 6) is 1.29. The van der Waals surface area contributed by atoms with Crippen LogP contribution in [-0.4, -0.2) is 55.1 Å². The number of nitrogens with zero attached hydrogens (tertiary/aromatic N) is 4. The molecule has 0 N–H and O–H groups in total. The Bertz CT molecular complexity index is 481. The van der Waals surface area contributed by atoms with Gasteiger partial charge in [0.2, 0.25) is 17.7 Å². The lowest BCUT2D eigenvalue weighted by Crippen LogP contribution is -2.32. The summed E-state index contributed by atoms with van der Waals surface area (Å²) >= 11 is 3.32. The van der Waals surface area contributed by atoms with E-state index in [2.05, 4.69) is 25.9 Å². The number of halogens is 1. The minimum Gasteiger partial charge on any atom is -0.480 e. The van der Waals surface area contributed by atoms with Crippen LogP contribution in [0.25, 0.3) is 0 Å². The number of methoxy groups -OCH3 is 1. The van der Waals surface area contributed by atoms with Gasteiger partial charge in [0.05, 0.1) is 23.7 Å². The molecule has 1 amide bonds. The maximum absolute atomic E-state index is 11.9. The average Bonchev–Trinajstić information content (AvgIpc) is 2.87. The molecule has 1 aromatic heterocycles. The van der Waals surface area contributed by atoms with Gasteiger partial charge in [-0.05, 0) is 22.4 Å². The molecule has 0 bridgehead atoms. The molecule has 104 valence electrons. The van der Waals surface area contributed by atoms with E-state index < -0.39 is 0 Å². The summed E-state index contributed by atoms with van der Waals surface area (Å²) < 4.78 is 5.88. The van der Waals surface area contributed by atoms with Gasteiger partial charge in [0.1, 0.15) is 0 Å². The molecule has 19 heavy (non-hydrogen) atoms. The topological polar surface area (TPSA) is 58.6 Å².